The van der Waals surface area contributed by atoms with E-state index in [-0.39, 0.29) is 6.42 Å². The molecule has 0 amide bonds. The molecule has 0 spiro atoms. The van der Waals surface area contributed by atoms with E-state index in [4.69, 9.17) is 5.11 Å². The highest BCUT2D eigenvalue weighted by Crippen LogP contribution is 2.19. The summed E-state index contributed by atoms with van der Waals surface area (Å²) in [4.78, 5) is 12.6. The zero-order valence-electron chi connectivity index (χ0n) is 9.52. The van der Waals surface area contributed by atoms with Crippen molar-refractivity contribution in [2.45, 2.75) is 13.3 Å². The van der Waals surface area contributed by atoms with Crippen molar-refractivity contribution in [3.8, 4) is 0 Å². The molecule has 0 bridgehead atoms. The Hall–Kier alpha value is -1.77. The minimum Gasteiger partial charge on any atom is -0.481 e. The lowest BCUT2D eigenvalue weighted by molar-refractivity contribution is -0.136. The maximum absolute atomic E-state index is 10.6. The number of aryl methyl sites for hydroxylation is 1. The average molecular weight is 219 g/mol. The molecule has 0 saturated carbocycles. The van der Waals surface area contributed by atoms with Crippen LogP contribution in [-0.4, -0.2) is 24.2 Å². The molecule has 1 aromatic carbocycles. The molecule has 86 valence electrons. The molecule has 1 N–H and O–H groups in total. The van der Waals surface area contributed by atoms with Gasteiger partial charge in [-0.3, -0.25) is 4.79 Å². The standard InChI is InChI=1S/C13H17NO2/c1-3-9-14(10-8-13(15)16)12-7-5-4-6-11(12)2/h3-7H,1,8-10H2,2H3,(H,15,16). The second-order valence-corrected chi connectivity index (χ2v) is 3.66. The van der Waals surface area contributed by atoms with Crippen LogP contribution in [0.15, 0.2) is 36.9 Å². The smallest absolute Gasteiger partial charge is 0.305 e. The van der Waals surface area contributed by atoms with Gasteiger partial charge in [0.2, 0.25) is 0 Å². The Bertz CT molecular complexity index is 374. The first kappa shape index (κ1) is 12.3. The quantitative estimate of drug-likeness (QED) is 0.747. The van der Waals surface area contributed by atoms with Crippen LogP contribution in [0.1, 0.15) is 12.0 Å². The lowest BCUT2D eigenvalue weighted by Gasteiger charge is -2.24. The summed E-state index contributed by atoms with van der Waals surface area (Å²) in [7, 11) is 0. The van der Waals surface area contributed by atoms with Crippen LogP contribution >= 0.6 is 0 Å². The number of para-hydroxylation sites is 1. The number of benzene rings is 1. The normalized spacial score (nSPS) is 9.81. The second kappa shape index (κ2) is 5.95. The van der Waals surface area contributed by atoms with E-state index in [1.165, 1.54) is 0 Å². The van der Waals surface area contributed by atoms with Crippen LogP contribution in [-0.2, 0) is 4.79 Å². The fraction of sp³-hybridized carbons (Fsp3) is 0.308. The van der Waals surface area contributed by atoms with E-state index in [0.29, 0.717) is 13.1 Å². The zero-order chi connectivity index (χ0) is 12.0. The molecule has 0 aliphatic rings. The van der Waals surface area contributed by atoms with Gasteiger partial charge in [-0.2, -0.15) is 0 Å². The fourth-order valence-corrected chi connectivity index (χ4v) is 1.61. The highest BCUT2D eigenvalue weighted by Gasteiger charge is 2.08. The molecule has 0 heterocycles. The highest BCUT2D eigenvalue weighted by molar-refractivity contribution is 5.68. The van der Waals surface area contributed by atoms with Crippen molar-refractivity contribution < 1.29 is 9.90 Å². The number of hydrogen-bond acceptors (Lipinski definition) is 2. The largest absolute Gasteiger partial charge is 0.481 e. The lowest BCUT2D eigenvalue weighted by atomic mass is 10.1. The minimum atomic E-state index is -0.775. The third-order valence-electron chi connectivity index (χ3n) is 2.40. The third kappa shape index (κ3) is 3.42. The van der Waals surface area contributed by atoms with E-state index in [1.54, 1.807) is 6.08 Å². The number of rotatable bonds is 6. The molecule has 1 aromatic rings. The highest BCUT2D eigenvalue weighted by atomic mass is 16.4. The van der Waals surface area contributed by atoms with Crippen LogP contribution in [0.4, 0.5) is 5.69 Å². The lowest BCUT2D eigenvalue weighted by Crippen LogP contribution is -2.26. The van der Waals surface area contributed by atoms with Gasteiger partial charge in [-0.05, 0) is 18.6 Å². The number of carbonyl (C=O) groups is 1. The molecule has 0 saturated heterocycles. The van der Waals surface area contributed by atoms with Crippen LogP contribution < -0.4 is 4.90 Å². The van der Waals surface area contributed by atoms with Gasteiger partial charge in [-0.15, -0.1) is 6.58 Å². The molecule has 3 nitrogen and oxygen atoms in total. The first-order chi connectivity index (χ1) is 7.65. The molecular weight excluding hydrogens is 202 g/mol. The summed E-state index contributed by atoms with van der Waals surface area (Å²) in [5, 5.41) is 8.69. The SMILES string of the molecule is C=CCN(CCC(=O)O)c1ccccc1C. The number of anilines is 1. The number of carboxylic acid groups (broad SMARTS) is 1. The zero-order valence-corrected chi connectivity index (χ0v) is 9.52. The second-order valence-electron chi connectivity index (χ2n) is 3.66. The fourth-order valence-electron chi connectivity index (χ4n) is 1.61. The van der Waals surface area contributed by atoms with Crippen molar-refractivity contribution >= 4 is 11.7 Å². The van der Waals surface area contributed by atoms with Crippen LogP contribution in [0.2, 0.25) is 0 Å². The Labute approximate surface area is 96.0 Å². The van der Waals surface area contributed by atoms with E-state index in [1.807, 2.05) is 36.1 Å². The van der Waals surface area contributed by atoms with E-state index < -0.39 is 5.97 Å². The summed E-state index contributed by atoms with van der Waals surface area (Å²) in [5.41, 5.74) is 2.22. The van der Waals surface area contributed by atoms with Crippen molar-refractivity contribution in [1.82, 2.24) is 0 Å². The topological polar surface area (TPSA) is 40.5 Å². The van der Waals surface area contributed by atoms with Gasteiger partial charge >= 0.3 is 5.97 Å². The van der Waals surface area contributed by atoms with Gasteiger partial charge in [0.1, 0.15) is 0 Å². The first-order valence-electron chi connectivity index (χ1n) is 5.28. The van der Waals surface area contributed by atoms with Gasteiger partial charge in [0.25, 0.3) is 0 Å². The Balaban J connectivity index is 2.80. The summed E-state index contributed by atoms with van der Waals surface area (Å²) in [6.45, 7) is 6.88. The van der Waals surface area contributed by atoms with Gasteiger partial charge in [0.05, 0.1) is 6.42 Å². The number of carboxylic acids is 1. The van der Waals surface area contributed by atoms with Crippen LogP contribution in [0, 0.1) is 6.92 Å². The molecule has 0 unspecified atom stereocenters. The average Bonchev–Trinajstić information content (AvgIpc) is 2.25. The number of aliphatic carboxylic acids is 1. The van der Waals surface area contributed by atoms with E-state index in [2.05, 4.69) is 6.58 Å². The van der Waals surface area contributed by atoms with Gasteiger partial charge in [-0.1, -0.05) is 24.3 Å². The van der Waals surface area contributed by atoms with Crippen LogP contribution in [0.3, 0.4) is 0 Å². The van der Waals surface area contributed by atoms with Crippen molar-refractivity contribution in [1.29, 1.82) is 0 Å². The Morgan fingerprint density at radius 1 is 1.50 bits per heavy atom. The summed E-state index contributed by atoms with van der Waals surface area (Å²) in [5.74, 6) is -0.775. The van der Waals surface area contributed by atoms with Crippen molar-refractivity contribution in [2.24, 2.45) is 0 Å². The number of hydrogen-bond donors (Lipinski definition) is 1. The van der Waals surface area contributed by atoms with Gasteiger partial charge in [0, 0.05) is 18.8 Å². The predicted molar refractivity (Wildman–Crippen MR) is 65.8 cm³/mol. The van der Waals surface area contributed by atoms with Crippen molar-refractivity contribution in [2.75, 3.05) is 18.0 Å². The molecule has 0 aliphatic heterocycles. The molecule has 0 aliphatic carbocycles. The molecule has 3 heteroatoms. The van der Waals surface area contributed by atoms with Crippen LogP contribution in [0.5, 0.6) is 0 Å². The summed E-state index contributed by atoms with van der Waals surface area (Å²) in [6.07, 6.45) is 1.93. The third-order valence-corrected chi connectivity index (χ3v) is 2.40. The van der Waals surface area contributed by atoms with Gasteiger partial charge in [0.15, 0.2) is 0 Å². The minimum absolute atomic E-state index is 0.141. The summed E-state index contributed by atoms with van der Waals surface area (Å²) < 4.78 is 0. The molecule has 16 heavy (non-hydrogen) atoms. The van der Waals surface area contributed by atoms with E-state index >= 15 is 0 Å². The number of nitrogens with zero attached hydrogens (tertiary/aromatic N) is 1. The molecule has 0 aromatic heterocycles. The predicted octanol–water partition coefficient (Wildman–Crippen LogP) is 2.46. The maximum atomic E-state index is 10.6. The summed E-state index contributed by atoms with van der Waals surface area (Å²) >= 11 is 0. The van der Waals surface area contributed by atoms with Crippen molar-refractivity contribution in [3.63, 3.8) is 0 Å². The molecular formula is C13H17NO2. The van der Waals surface area contributed by atoms with Gasteiger partial charge in [-0.25, -0.2) is 0 Å². The molecule has 1 rings (SSSR count). The Morgan fingerprint density at radius 3 is 2.75 bits per heavy atom. The molecule has 0 radical (unpaired) electrons. The van der Waals surface area contributed by atoms with E-state index in [9.17, 15) is 4.79 Å². The Morgan fingerprint density at radius 2 is 2.19 bits per heavy atom. The molecule has 0 atom stereocenters. The van der Waals surface area contributed by atoms with Crippen molar-refractivity contribution in [3.05, 3.63) is 42.5 Å². The monoisotopic (exact) mass is 219 g/mol. The van der Waals surface area contributed by atoms with Crippen LogP contribution in [0.25, 0.3) is 0 Å². The Kier molecular flexibility index (Phi) is 4.58. The van der Waals surface area contributed by atoms with E-state index in [0.717, 1.165) is 11.3 Å². The summed E-state index contributed by atoms with van der Waals surface area (Å²) in [6, 6.07) is 7.95. The molecule has 0 fully saturated rings. The maximum Gasteiger partial charge on any atom is 0.305 e. The van der Waals surface area contributed by atoms with Gasteiger partial charge < -0.3 is 10.0 Å². The first-order valence-corrected chi connectivity index (χ1v) is 5.28.